The Kier molecular flexibility index (Phi) is 6.93. The SMILES string of the molecule is Cc1ccc(SCC(=O)N2CCN(S(=O)(=O)C=Cc3ccccc3)CC2)cc1. The molecule has 7 heteroatoms. The van der Waals surface area contributed by atoms with E-state index in [1.165, 1.54) is 27.0 Å². The largest absolute Gasteiger partial charge is 0.339 e. The molecule has 0 unspecified atom stereocenters. The van der Waals surface area contributed by atoms with Crippen LogP contribution in [0.4, 0.5) is 0 Å². The first-order valence-corrected chi connectivity index (χ1v) is 11.6. The smallest absolute Gasteiger partial charge is 0.236 e. The number of nitrogens with zero attached hydrogens (tertiary/aromatic N) is 2. The molecule has 2 aromatic carbocycles. The first kappa shape index (κ1) is 20.6. The number of carbonyl (C=O) groups excluding carboxylic acids is 1. The average Bonchev–Trinajstić information content (AvgIpc) is 2.72. The molecule has 28 heavy (non-hydrogen) atoms. The number of hydrogen-bond acceptors (Lipinski definition) is 4. The highest BCUT2D eigenvalue weighted by Crippen LogP contribution is 2.19. The molecule has 5 nitrogen and oxygen atoms in total. The van der Waals surface area contributed by atoms with E-state index in [-0.39, 0.29) is 5.91 Å². The van der Waals surface area contributed by atoms with E-state index in [0.29, 0.717) is 31.9 Å². The number of hydrogen-bond donors (Lipinski definition) is 0. The Labute approximate surface area is 171 Å². The van der Waals surface area contributed by atoms with Gasteiger partial charge >= 0.3 is 0 Å². The van der Waals surface area contributed by atoms with Crippen molar-refractivity contribution in [3.63, 3.8) is 0 Å². The third-order valence-electron chi connectivity index (χ3n) is 4.57. The molecule has 0 aromatic heterocycles. The van der Waals surface area contributed by atoms with Gasteiger partial charge in [0.1, 0.15) is 0 Å². The standard InChI is InChI=1S/C21H24N2O3S2/c1-18-7-9-20(10-8-18)27-17-21(24)22-12-14-23(15-13-22)28(25,26)16-11-19-5-3-2-4-6-19/h2-11,16H,12-15,17H2,1H3. The van der Waals surface area contributed by atoms with Gasteiger partial charge in [-0.25, -0.2) is 8.42 Å². The van der Waals surface area contributed by atoms with E-state index in [2.05, 4.69) is 0 Å². The van der Waals surface area contributed by atoms with Gasteiger partial charge in [-0.1, -0.05) is 48.0 Å². The fourth-order valence-electron chi connectivity index (χ4n) is 2.88. The fraction of sp³-hybridized carbons (Fsp3) is 0.286. The molecule has 2 aromatic rings. The highest BCUT2D eigenvalue weighted by atomic mass is 32.2. The summed E-state index contributed by atoms with van der Waals surface area (Å²) in [5, 5.41) is 1.24. The molecule has 3 rings (SSSR count). The van der Waals surface area contributed by atoms with Crippen molar-refractivity contribution in [2.75, 3.05) is 31.9 Å². The van der Waals surface area contributed by atoms with Crippen molar-refractivity contribution in [3.05, 3.63) is 71.1 Å². The minimum Gasteiger partial charge on any atom is -0.339 e. The van der Waals surface area contributed by atoms with Crippen molar-refractivity contribution < 1.29 is 13.2 Å². The Balaban J connectivity index is 1.49. The first-order valence-electron chi connectivity index (χ1n) is 9.14. The van der Waals surface area contributed by atoms with Crippen molar-refractivity contribution in [3.8, 4) is 0 Å². The van der Waals surface area contributed by atoms with E-state index in [1.807, 2.05) is 61.5 Å². The molecule has 0 radical (unpaired) electrons. The second-order valence-electron chi connectivity index (χ2n) is 6.64. The Hall–Kier alpha value is -2.09. The van der Waals surface area contributed by atoms with Gasteiger partial charge in [0, 0.05) is 36.5 Å². The quantitative estimate of drug-likeness (QED) is 0.679. The zero-order chi connectivity index (χ0) is 20.0. The van der Waals surface area contributed by atoms with E-state index in [0.717, 1.165) is 10.5 Å². The molecule has 0 N–H and O–H groups in total. The topological polar surface area (TPSA) is 57.7 Å². The lowest BCUT2D eigenvalue weighted by molar-refractivity contribution is -0.129. The Morgan fingerprint density at radius 1 is 1.00 bits per heavy atom. The molecule has 0 saturated carbocycles. The number of rotatable bonds is 6. The molecule has 1 heterocycles. The molecule has 1 aliphatic heterocycles. The van der Waals surface area contributed by atoms with Crippen molar-refractivity contribution >= 4 is 33.8 Å². The molecule has 0 bridgehead atoms. The number of thioether (sulfide) groups is 1. The summed E-state index contributed by atoms with van der Waals surface area (Å²) in [6, 6.07) is 17.4. The zero-order valence-corrected chi connectivity index (χ0v) is 17.5. The lowest BCUT2D eigenvalue weighted by Gasteiger charge is -2.33. The Morgan fingerprint density at radius 3 is 2.29 bits per heavy atom. The number of amides is 1. The lowest BCUT2D eigenvalue weighted by Crippen LogP contribution is -2.50. The number of piperazine rings is 1. The van der Waals surface area contributed by atoms with Crippen LogP contribution in [0.15, 0.2) is 64.9 Å². The molecule has 1 fully saturated rings. The monoisotopic (exact) mass is 416 g/mol. The third kappa shape index (κ3) is 5.70. The van der Waals surface area contributed by atoms with Gasteiger partial charge in [0.05, 0.1) is 5.75 Å². The van der Waals surface area contributed by atoms with Crippen LogP contribution >= 0.6 is 11.8 Å². The van der Waals surface area contributed by atoms with Gasteiger partial charge < -0.3 is 4.90 Å². The van der Waals surface area contributed by atoms with Crippen LogP contribution in [0.3, 0.4) is 0 Å². The maximum atomic E-state index is 12.5. The van der Waals surface area contributed by atoms with E-state index < -0.39 is 10.0 Å². The summed E-state index contributed by atoms with van der Waals surface area (Å²) in [7, 11) is -3.48. The minimum atomic E-state index is -3.48. The van der Waals surface area contributed by atoms with E-state index in [9.17, 15) is 13.2 Å². The number of sulfonamides is 1. The normalized spacial score (nSPS) is 15.8. The fourth-order valence-corrected chi connectivity index (χ4v) is 4.85. The number of aryl methyl sites for hydroxylation is 1. The summed E-state index contributed by atoms with van der Waals surface area (Å²) in [5.74, 6) is 0.409. The molecule has 1 saturated heterocycles. The van der Waals surface area contributed by atoms with E-state index in [4.69, 9.17) is 0 Å². The summed E-state index contributed by atoms with van der Waals surface area (Å²) >= 11 is 1.51. The molecular formula is C21H24N2O3S2. The van der Waals surface area contributed by atoms with E-state index >= 15 is 0 Å². The van der Waals surface area contributed by atoms with E-state index in [1.54, 1.807) is 11.0 Å². The molecular weight excluding hydrogens is 392 g/mol. The van der Waals surface area contributed by atoms with Gasteiger partial charge in [-0.05, 0) is 30.7 Å². The van der Waals surface area contributed by atoms with Crippen LogP contribution in [0.2, 0.25) is 0 Å². The summed E-state index contributed by atoms with van der Waals surface area (Å²) in [5.41, 5.74) is 2.03. The molecule has 0 aliphatic carbocycles. The average molecular weight is 417 g/mol. The van der Waals surface area contributed by atoms with Crippen LogP contribution in [-0.4, -0.2) is 55.5 Å². The minimum absolute atomic E-state index is 0.0439. The van der Waals surface area contributed by atoms with Crippen LogP contribution in [0.25, 0.3) is 6.08 Å². The predicted octanol–water partition coefficient (Wildman–Crippen LogP) is 3.23. The summed E-state index contributed by atoms with van der Waals surface area (Å²) in [6.45, 7) is 3.52. The van der Waals surface area contributed by atoms with Crippen LogP contribution in [-0.2, 0) is 14.8 Å². The molecule has 1 amide bonds. The lowest BCUT2D eigenvalue weighted by atomic mass is 10.2. The summed E-state index contributed by atoms with van der Waals surface area (Å²) in [6.07, 6.45) is 1.60. The van der Waals surface area contributed by atoms with Crippen molar-refractivity contribution in [1.29, 1.82) is 0 Å². The Bertz CT molecular complexity index is 918. The second-order valence-corrected chi connectivity index (χ2v) is 9.51. The maximum absolute atomic E-state index is 12.5. The second kappa shape index (κ2) is 9.41. The summed E-state index contributed by atoms with van der Waals surface area (Å²) in [4.78, 5) is 15.2. The van der Waals surface area contributed by atoms with Crippen LogP contribution in [0.5, 0.6) is 0 Å². The van der Waals surface area contributed by atoms with Gasteiger partial charge in [-0.3, -0.25) is 4.79 Å². The van der Waals surface area contributed by atoms with Crippen LogP contribution < -0.4 is 0 Å². The number of benzene rings is 2. The highest BCUT2D eigenvalue weighted by molar-refractivity contribution is 8.00. The molecule has 1 aliphatic rings. The zero-order valence-electron chi connectivity index (χ0n) is 15.8. The van der Waals surface area contributed by atoms with Gasteiger partial charge in [0.15, 0.2) is 0 Å². The maximum Gasteiger partial charge on any atom is 0.236 e. The molecule has 0 atom stereocenters. The van der Waals surface area contributed by atoms with Crippen LogP contribution in [0.1, 0.15) is 11.1 Å². The molecule has 148 valence electrons. The van der Waals surface area contributed by atoms with Gasteiger partial charge in [0.2, 0.25) is 15.9 Å². The first-order chi connectivity index (χ1) is 13.4. The summed E-state index contributed by atoms with van der Waals surface area (Å²) < 4.78 is 26.4. The highest BCUT2D eigenvalue weighted by Gasteiger charge is 2.27. The van der Waals surface area contributed by atoms with Crippen molar-refractivity contribution in [2.45, 2.75) is 11.8 Å². The Morgan fingerprint density at radius 2 is 1.64 bits per heavy atom. The van der Waals surface area contributed by atoms with Crippen molar-refractivity contribution in [1.82, 2.24) is 9.21 Å². The third-order valence-corrected chi connectivity index (χ3v) is 7.13. The van der Waals surface area contributed by atoms with Gasteiger partial charge in [-0.2, -0.15) is 4.31 Å². The molecule has 0 spiro atoms. The van der Waals surface area contributed by atoms with Crippen LogP contribution in [0, 0.1) is 6.92 Å². The van der Waals surface area contributed by atoms with Gasteiger partial charge in [-0.15, -0.1) is 11.8 Å². The number of carbonyl (C=O) groups is 1. The van der Waals surface area contributed by atoms with Crippen molar-refractivity contribution in [2.24, 2.45) is 0 Å². The predicted molar refractivity (Wildman–Crippen MR) is 114 cm³/mol. The van der Waals surface area contributed by atoms with Gasteiger partial charge in [0.25, 0.3) is 0 Å².